The summed E-state index contributed by atoms with van der Waals surface area (Å²) in [6, 6.07) is 8.55. The van der Waals surface area contributed by atoms with E-state index in [0.29, 0.717) is 5.92 Å². The lowest BCUT2D eigenvalue weighted by molar-refractivity contribution is 0.157. The normalized spacial score (nSPS) is 18.2. The Balaban J connectivity index is 0.00000312. The lowest BCUT2D eigenvalue weighted by Crippen LogP contribution is -2.41. The molecule has 1 aromatic rings. The monoisotopic (exact) mass is 523 g/mol. The first-order chi connectivity index (χ1) is 11.5. The topological polar surface area (TPSA) is 36.9 Å². The molecule has 6 heteroatoms. The van der Waals surface area contributed by atoms with Crippen LogP contribution in [0.5, 0.6) is 0 Å². The minimum absolute atomic E-state index is 0. The number of aliphatic imine (C=N–C) groups is 1. The summed E-state index contributed by atoms with van der Waals surface area (Å²) in [6.07, 6.45) is 1.17. The first-order valence-corrected chi connectivity index (χ1v) is 9.54. The zero-order valence-electron chi connectivity index (χ0n) is 15.7. The maximum absolute atomic E-state index is 5.30. The van der Waals surface area contributed by atoms with Crippen LogP contribution in [0.3, 0.4) is 0 Å². The summed E-state index contributed by atoms with van der Waals surface area (Å²) in [5, 5.41) is 3.45. The summed E-state index contributed by atoms with van der Waals surface area (Å²) >= 11 is 3.50. The van der Waals surface area contributed by atoms with Crippen LogP contribution in [0.25, 0.3) is 0 Å². The summed E-state index contributed by atoms with van der Waals surface area (Å²) in [7, 11) is 1.78. The largest absolute Gasteiger partial charge is 0.384 e. The predicted octanol–water partition coefficient (Wildman–Crippen LogP) is 4.28. The van der Waals surface area contributed by atoms with E-state index in [9.17, 15) is 0 Å². The zero-order valence-corrected chi connectivity index (χ0v) is 19.6. The van der Waals surface area contributed by atoms with Gasteiger partial charge in [-0.15, -0.1) is 24.0 Å². The van der Waals surface area contributed by atoms with Crippen LogP contribution in [0, 0.1) is 5.92 Å². The molecule has 1 aliphatic heterocycles. The third-order valence-electron chi connectivity index (χ3n) is 4.57. The molecule has 0 amide bonds. The Morgan fingerprint density at radius 3 is 2.64 bits per heavy atom. The fourth-order valence-corrected chi connectivity index (χ4v) is 3.35. The van der Waals surface area contributed by atoms with Crippen LogP contribution >= 0.6 is 39.9 Å². The molecule has 25 heavy (non-hydrogen) atoms. The van der Waals surface area contributed by atoms with Crippen LogP contribution in [-0.4, -0.2) is 50.8 Å². The number of guanidine groups is 1. The molecular formula is C19H31BrIN3O. The average Bonchev–Trinajstić information content (AvgIpc) is 3.01. The molecule has 142 valence electrons. The smallest absolute Gasteiger partial charge is 0.193 e. The van der Waals surface area contributed by atoms with Gasteiger partial charge in [0.15, 0.2) is 5.96 Å². The molecule has 1 atom stereocenters. The Bertz CT molecular complexity index is 548. The molecule has 1 aromatic carbocycles. The summed E-state index contributed by atoms with van der Waals surface area (Å²) in [6.45, 7) is 11.2. The number of nitrogens with one attached hydrogen (secondary N) is 1. The van der Waals surface area contributed by atoms with Gasteiger partial charge >= 0.3 is 0 Å². The van der Waals surface area contributed by atoms with Crippen LogP contribution in [0.2, 0.25) is 0 Å². The molecule has 1 aliphatic rings. The van der Waals surface area contributed by atoms with Gasteiger partial charge in [0, 0.05) is 42.5 Å². The average molecular weight is 524 g/mol. The molecule has 0 bridgehead atoms. The number of halogens is 2. The molecule has 1 unspecified atom stereocenters. The number of rotatable bonds is 6. The van der Waals surface area contributed by atoms with E-state index in [1.165, 1.54) is 12.0 Å². The number of ether oxygens (including phenoxy) is 1. The summed E-state index contributed by atoms with van der Waals surface area (Å²) in [4.78, 5) is 7.31. The highest BCUT2D eigenvalue weighted by Gasteiger charge is 2.26. The molecule has 1 N–H and O–H groups in total. The minimum Gasteiger partial charge on any atom is -0.384 e. The molecule has 0 aliphatic carbocycles. The molecular weight excluding hydrogens is 493 g/mol. The van der Waals surface area contributed by atoms with Crippen molar-refractivity contribution < 1.29 is 4.74 Å². The van der Waals surface area contributed by atoms with Crippen LogP contribution in [0.15, 0.2) is 33.7 Å². The van der Waals surface area contributed by atoms with E-state index in [1.807, 2.05) is 0 Å². The number of benzene rings is 1. The van der Waals surface area contributed by atoms with Crippen molar-refractivity contribution in [2.45, 2.75) is 32.6 Å². The molecule has 4 nitrogen and oxygen atoms in total. The van der Waals surface area contributed by atoms with Crippen molar-refractivity contribution in [1.29, 1.82) is 0 Å². The lowest BCUT2D eigenvalue weighted by atomic mass is 9.85. The second-order valence-electron chi connectivity index (χ2n) is 7.12. The molecule has 0 aromatic heterocycles. The number of hydrogen-bond donors (Lipinski definition) is 1. The van der Waals surface area contributed by atoms with Crippen molar-refractivity contribution in [3.8, 4) is 0 Å². The second kappa shape index (κ2) is 10.7. The maximum Gasteiger partial charge on any atom is 0.193 e. The second-order valence-corrected chi connectivity index (χ2v) is 8.03. The van der Waals surface area contributed by atoms with Gasteiger partial charge in [0.25, 0.3) is 0 Å². The third kappa shape index (κ3) is 6.71. The Kier molecular flexibility index (Phi) is 9.74. The molecule has 1 fully saturated rings. The molecule has 0 saturated carbocycles. The number of hydrogen-bond acceptors (Lipinski definition) is 2. The van der Waals surface area contributed by atoms with Crippen LogP contribution in [-0.2, 0) is 10.2 Å². The van der Waals surface area contributed by atoms with Gasteiger partial charge in [0.1, 0.15) is 0 Å². The first kappa shape index (κ1) is 22.7. The highest BCUT2D eigenvalue weighted by Crippen LogP contribution is 2.25. The summed E-state index contributed by atoms with van der Waals surface area (Å²) in [5.41, 5.74) is 1.32. The van der Waals surface area contributed by atoms with E-state index in [4.69, 9.17) is 9.73 Å². The van der Waals surface area contributed by atoms with Gasteiger partial charge in [-0.2, -0.15) is 0 Å². The summed E-state index contributed by atoms with van der Waals surface area (Å²) in [5.74, 6) is 1.64. The van der Waals surface area contributed by atoms with E-state index in [-0.39, 0.29) is 29.4 Å². The fraction of sp³-hybridized carbons (Fsp3) is 0.632. The van der Waals surface area contributed by atoms with Crippen molar-refractivity contribution >= 4 is 45.9 Å². The quantitative estimate of drug-likeness (QED) is 0.343. The predicted molar refractivity (Wildman–Crippen MR) is 120 cm³/mol. The van der Waals surface area contributed by atoms with Gasteiger partial charge in [-0.25, -0.2) is 0 Å². The molecule has 0 radical (unpaired) electrons. The van der Waals surface area contributed by atoms with Crippen molar-refractivity contribution in [1.82, 2.24) is 10.2 Å². The Morgan fingerprint density at radius 1 is 1.36 bits per heavy atom. The highest BCUT2D eigenvalue weighted by molar-refractivity contribution is 14.0. The Labute approximate surface area is 177 Å². The van der Waals surface area contributed by atoms with Crippen molar-refractivity contribution in [3.05, 3.63) is 34.3 Å². The van der Waals surface area contributed by atoms with Crippen molar-refractivity contribution in [3.63, 3.8) is 0 Å². The van der Waals surface area contributed by atoms with Crippen LogP contribution < -0.4 is 5.32 Å². The van der Waals surface area contributed by atoms with Crippen molar-refractivity contribution in [2.24, 2.45) is 10.9 Å². The zero-order chi connectivity index (χ0) is 17.6. The fourth-order valence-electron chi connectivity index (χ4n) is 3.09. The van der Waals surface area contributed by atoms with Crippen molar-refractivity contribution in [2.75, 3.05) is 39.9 Å². The van der Waals surface area contributed by atoms with Gasteiger partial charge < -0.3 is 15.0 Å². The summed E-state index contributed by atoms with van der Waals surface area (Å²) < 4.78 is 6.42. The van der Waals surface area contributed by atoms with Gasteiger partial charge in [-0.1, -0.05) is 41.9 Å². The molecule has 2 rings (SSSR count). The third-order valence-corrected chi connectivity index (χ3v) is 5.10. The van der Waals surface area contributed by atoms with Gasteiger partial charge in [0.2, 0.25) is 0 Å². The van der Waals surface area contributed by atoms with Gasteiger partial charge in [-0.05, 0) is 31.0 Å². The van der Waals surface area contributed by atoms with E-state index in [0.717, 1.165) is 43.2 Å². The molecule has 1 heterocycles. The number of methoxy groups -OCH3 is 1. The standard InChI is InChI=1S/C19H30BrN3O.HI/c1-5-21-18(23-11-10-15(12-23)13-24-4)22-14-19(2,3)16-6-8-17(20)9-7-16;/h6-9,15H,5,10-14H2,1-4H3,(H,21,22);1H. The van der Waals surface area contributed by atoms with E-state index in [2.05, 4.69) is 71.2 Å². The lowest BCUT2D eigenvalue weighted by Gasteiger charge is -2.26. The van der Waals surface area contributed by atoms with E-state index >= 15 is 0 Å². The molecule has 1 saturated heterocycles. The Hall–Kier alpha value is -0.340. The van der Waals surface area contributed by atoms with E-state index in [1.54, 1.807) is 7.11 Å². The SMILES string of the molecule is CCNC(=NCC(C)(C)c1ccc(Br)cc1)N1CCC(COC)C1.I. The Morgan fingerprint density at radius 2 is 2.04 bits per heavy atom. The minimum atomic E-state index is 0. The van der Waals surface area contributed by atoms with Gasteiger partial charge in [-0.3, -0.25) is 4.99 Å². The van der Waals surface area contributed by atoms with Crippen LogP contribution in [0.4, 0.5) is 0 Å². The van der Waals surface area contributed by atoms with E-state index < -0.39 is 0 Å². The number of nitrogens with zero attached hydrogens (tertiary/aromatic N) is 2. The molecule has 0 spiro atoms. The van der Waals surface area contributed by atoms with Crippen LogP contribution in [0.1, 0.15) is 32.8 Å². The maximum atomic E-state index is 5.30. The first-order valence-electron chi connectivity index (χ1n) is 8.74. The number of likely N-dealkylation sites (tertiary alicyclic amines) is 1. The highest BCUT2D eigenvalue weighted by atomic mass is 127. The van der Waals surface area contributed by atoms with Gasteiger partial charge in [0.05, 0.1) is 13.2 Å².